The van der Waals surface area contributed by atoms with E-state index in [0.717, 1.165) is 66.8 Å². The van der Waals surface area contributed by atoms with Crippen molar-refractivity contribution in [3.05, 3.63) is 204 Å². The highest BCUT2D eigenvalue weighted by Crippen LogP contribution is 2.65. The molecule has 0 atom stereocenters. The topological polar surface area (TPSA) is 55.5 Å². The summed E-state index contributed by atoms with van der Waals surface area (Å²) in [6.07, 6.45) is 10.8. The first-order chi connectivity index (χ1) is 25.5. The molecule has 2 aliphatic rings. The average Bonchev–Trinajstić information content (AvgIpc) is 3.66. The Labute approximate surface area is 305 Å². The molecule has 0 amide bonds. The van der Waals surface area contributed by atoms with Gasteiger partial charge in [0.15, 0.2) is 0 Å². The highest BCUT2D eigenvalue weighted by Gasteiger charge is 2.53. The van der Waals surface area contributed by atoms with Crippen LogP contribution in [0, 0.1) is 0 Å². The molecule has 2 aliphatic carbocycles. The summed E-state index contributed by atoms with van der Waals surface area (Å²) in [5.41, 5.74) is 24.7. The minimum absolute atomic E-state index is 0.0108. The van der Waals surface area contributed by atoms with Crippen LogP contribution in [0.3, 0.4) is 0 Å². The number of fused-ring (bicyclic) bond motifs is 10. The van der Waals surface area contributed by atoms with Crippen LogP contribution in [0.1, 0.15) is 55.6 Å². The molecule has 3 N–H and O–H groups in total. The van der Waals surface area contributed by atoms with Crippen LogP contribution in [0.5, 0.6) is 0 Å². The molecule has 0 unspecified atom stereocenters. The minimum atomic E-state index is -0.635. The van der Waals surface area contributed by atoms with Crippen LogP contribution in [0.15, 0.2) is 148 Å². The fraction of sp³-hybridized carbons (Fsp3) is 0.0612. The van der Waals surface area contributed by atoms with E-state index < -0.39 is 5.41 Å². The van der Waals surface area contributed by atoms with Gasteiger partial charge in [-0.05, 0) is 112 Å². The van der Waals surface area contributed by atoms with Crippen LogP contribution in [-0.4, -0.2) is 5.11 Å². The zero-order valence-corrected chi connectivity index (χ0v) is 29.0. The van der Waals surface area contributed by atoms with Gasteiger partial charge in [0.05, 0.1) is 18.3 Å². The second kappa shape index (κ2) is 13.0. The maximum absolute atomic E-state index is 9.83. The first-order valence-electron chi connectivity index (χ1n) is 17.5. The molecule has 3 heteroatoms. The van der Waals surface area contributed by atoms with Crippen LogP contribution >= 0.6 is 0 Å². The summed E-state index contributed by atoms with van der Waals surface area (Å²) in [5.74, 6) is 0. The van der Waals surface area contributed by atoms with Gasteiger partial charge in [-0.3, -0.25) is 0 Å². The van der Waals surface area contributed by atoms with Crippen LogP contribution in [0.2, 0.25) is 0 Å². The van der Waals surface area contributed by atoms with Crippen molar-refractivity contribution in [3.8, 4) is 44.5 Å². The van der Waals surface area contributed by atoms with E-state index in [9.17, 15) is 5.11 Å². The predicted octanol–water partition coefficient (Wildman–Crippen LogP) is 11.4. The summed E-state index contributed by atoms with van der Waals surface area (Å²) >= 11 is 0. The fourth-order valence-corrected chi connectivity index (χ4v) is 8.64. The number of aliphatic hydroxyl groups is 1. The Morgan fingerprint density at radius 1 is 0.538 bits per heavy atom. The Bertz CT molecular complexity index is 2420. The van der Waals surface area contributed by atoms with E-state index in [-0.39, 0.29) is 6.61 Å². The smallest absolute Gasteiger partial charge is 0.112 e. The lowest BCUT2D eigenvalue weighted by atomic mass is 9.69. The number of nitrogens with two attached hydrogens (primary N) is 1. The number of hydrogen-bond acceptors (Lipinski definition) is 3. The summed E-state index contributed by atoms with van der Waals surface area (Å²) in [6.45, 7) is 17.9. The molecule has 3 nitrogen and oxygen atoms in total. The zero-order chi connectivity index (χ0) is 36.0. The Balaban J connectivity index is 1.52. The second-order valence-electron chi connectivity index (χ2n) is 13.2. The Hall–Kier alpha value is -6.42. The highest BCUT2D eigenvalue weighted by atomic mass is 16.5. The maximum atomic E-state index is 9.83. The van der Waals surface area contributed by atoms with Crippen molar-refractivity contribution in [2.75, 3.05) is 0 Å². The third-order valence-electron chi connectivity index (χ3n) is 10.8. The van der Waals surface area contributed by atoms with Crippen LogP contribution < -0.4 is 5.73 Å². The molecule has 8 rings (SSSR count). The average molecular weight is 674 g/mol. The number of ether oxygens (including phenoxy) is 1. The van der Waals surface area contributed by atoms with Crippen LogP contribution in [0.4, 0.5) is 0 Å². The molecule has 0 aliphatic heterocycles. The van der Waals surface area contributed by atoms with E-state index >= 15 is 0 Å². The first kappa shape index (κ1) is 32.8. The second-order valence-corrected chi connectivity index (χ2v) is 13.2. The van der Waals surface area contributed by atoms with E-state index in [1.165, 1.54) is 45.8 Å². The van der Waals surface area contributed by atoms with Crippen molar-refractivity contribution in [2.45, 2.75) is 18.6 Å². The molecule has 52 heavy (non-hydrogen) atoms. The normalized spacial score (nSPS) is 12.9. The lowest BCUT2D eigenvalue weighted by molar-refractivity contribution is 0.236. The van der Waals surface area contributed by atoms with Gasteiger partial charge < -0.3 is 15.6 Å². The Kier molecular flexibility index (Phi) is 8.22. The molecular weight excluding hydrogens is 635 g/mol. The quantitative estimate of drug-likeness (QED) is 0.142. The van der Waals surface area contributed by atoms with E-state index in [1.807, 2.05) is 36.4 Å². The molecule has 6 aromatic carbocycles. The lowest BCUT2D eigenvalue weighted by Gasteiger charge is -2.32. The van der Waals surface area contributed by atoms with Crippen LogP contribution in [-0.2, 0) is 23.4 Å². The monoisotopic (exact) mass is 673 g/mol. The summed E-state index contributed by atoms with van der Waals surface area (Å²) < 4.78 is 5.55. The zero-order valence-electron chi connectivity index (χ0n) is 29.0. The van der Waals surface area contributed by atoms with Gasteiger partial charge in [0, 0.05) is 6.20 Å². The van der Waals surface area contributed by atoms with E-state index in [0.29, 0.717) is 6.61 Å². The van der Waals surface area contributed by atoms with Gasteiger partial charge in [0.25, 0.3) is 0 Å². The van der Waals surface area contributed by atoms with Gasteiger partial charge in [-0.1, -0.05) is 148 Å². The van der Waals surface area contributed by atoms with Gasteiger partial charge in [0.1, 0.15) is 6.61 Å². The molecule has 0 bridgehead atoms. The molecular formula is C49H39NO2. The van der Waals surface area contributed by atoms with Gasteiger partial charge in [-0.2, -0.15) is 0 Å². The largest absolute Gasteiger partial charge is 0.495 e. The SMILES string of the molecule is C=Cc1c(-c2ccc(CO)cc2)cc2c(c1C=C)-c1c(cc(-c3ccc(CO/C=C\N)cc3)c(C=C)c1C=C)C21c2ccccc2-c2ccccc21. The van der Waals surface area contributed by atoms with E-state index in [2.05, 4.69) is 123 Å². The number of hydrogen-bond donors (Lipinski definition) is 2. The van der Waals surface area contributed by atoms with Crippen molar-refractivity contribution in [1.29, 1.82) is 0 Å². The summed E-state index contributed by atoms with van der Waals surface area (Å²) in [5, 5.41) is 9.83. The molecule has 0 aromatic heterocycles. The van der Waals surface area contributed by atoms with E-state index in [1.54, 1.807) is 0 Å². The Morgan fingerprint density at radius 2 is 0.981 bits per heavy atom. The maximum Gasteiger partial charge on any atom is 0.112 e. The number of aliphatic hydroxyl groups excluding tert-OH is 1. The summed E-state index contributed by atoms with van der Waals surface area (Å²) in [4.78, 5) is 0. The molecule has 0 saturated heterocycles. The van der Waals surface area contributed by atoms with Crippen molar-refractivity contribution >= 4 is 24.3 Å². The van der Waals surface area contributed by atoms with Gasteiger partial charge in [-0.25, -0.2) is 0 Å². The first-order valence-corrected chi connectivity index (χ1v) is 17.5. The molecule has 252 valence electrons. The number of rotatable bonds is 10. The number of benzene rings is 6. The van der Waals surface area contributed by atoms with Crippen molar-refractivity contribution < 1.29 is 9.84 Å². The minimum Gasteiger partial charge on any atom is -0.495 e. The summed E-state index contributed by atoms with van der Waals surface area (Å²) in [6, 6.07) is 39.0. The van der Waals surface area contributed by atoms with Crippen molar-refractivity contribution in [2.24, 2.45) is 5.73 Å². The van der Waals surface area contributed by atoms with Crippen molar-refractivity contribution in [3.63, 3.8) is 0 Å². The molecule has 0 saturated carbocycles. The molecule has 0 fully saturated rings. The highest BCUT2D eigenvalue weighted by molar-refractivity contribution is 6.05. The third-order valence-corrected chi connectivity index (χ3v) is 10.8. The molecule has 6 aromatic rings. The van der Waals surface area contributed by atoms with Crippen LogP contribution in [0.25, 0.3) is 68.8 Å². The van der Waals surface area contributed by atoms with Gasteiger partial charge >= 0.3 is 0 Å². The predicted molar refractivity (Wildman–Crippen MR) is 218 cm³/mol. The van der Waals surface area contributed by atoms with Gasteiger partial charge in [-0.15, -0.1) is 0 Å². The standard InChI is InChI=1S/C49H39NO2/c1-5-35-37(7-3)47-45(27-41(35)33-21-17-31(29-51)18-22-33)49(43-15-11-9-13-39(43)40-14-10-12-16-44(40)49)46-28-42(36(6-2)38(8-4)48(46)47)34-23-19-32(20-24-34)30-52-26-25-50/h5-28,51H,1-4,29-30,50H2/b26-25-. The van der Waals surface area contributed by atoms with Crippen molar-refractivity contribution in [1.82, 2.24) is 0 Å². The fourth-order valence-electron chi connectivity index (χ4n) is 8.64. The molecule has 0 radical (unpaired) electrons. The molecule has 1 spiro atoms. The van der Waals surface area contributed by atoms with E-state index in [4.69, 9.17) is 10.5 Å². The molecule has 0 heterocycles. The Morgan fingerprint density at radius 3 is 1.40 bits per heavy atom. The van der Waals surface area contributed by atoms with Gasteiger partial charge in [0.2, 0.25) is 0 Å². The summed E-state index contributed by atoms with van der Waals surface area (Å²) in [7, 11) is 0. The third kappa shape index (κ3) is 4.63. The lowest BCUT2D eigenvalue weighted by Crippen LogP contribution is -2.26.